The number of anilines is 2. The third-order valence-corrected chi connectivity index (χ3v) is 8.02. The molecule has 2 aliphatic rings. The summed E-state index contributed by atoms with van der Waals surface area (Å²) in [5, 5.41) is 2.90. The van der Waals surface area contributed by atoms with E-state index in [-0.39, 0.29) is 18.4 Å². The molecule has 38 heavy (non-hydrogen) atoms. The number of fused-ring (bicyclic) bond motifs is 1. The minimum absolute atomic E-state index is 0.188. The van der Waals surface area contributed by atoms with E-state index < -0.39 is 15.9 Å². The molecule has 2 aliphatic heterocycles. The van der Waals surface area contributed by atoms with Crippen molar-refractivity contribution in [1.29, 1.82) is 0 Å². The summed E-state index contributed by atoms with van der Waals surface area (Å²) in [4.78, 5) is 32.2. The van der Waals surface area contributed by atoms with Gasteiger partial charge in [-0.15, -0.1) is 0 Å². The van der Waals surface area contributed by atoms with Crippen molar-refractivity contribution >= 4 is 44.6 Å². The number of nitrogens with zero attached hydrogens (tertiary/aromatic N) is 3. The van der Waals surface area contributed by atoms with Crippen LogP contribution in [0.1, 0.15) is 44.1 Å². The lowest BCUT2D eigenvalue weighted by Crippen LogP contribution is -2.44. The number of sulfonamides is 1. The number of carbonyl (C=O) groups excluding carboxylic acids is 2. The van der Waals surface area contributed by atoms with E-state index in [2.05, 4.69) is 5.32 Å². The molecular weight excluding hydrogens is 508 g/mol. The van der Waals surface area contributed by atoms with E-state index in [1.54, 1.807) is 48.4 Å². The number of carbonyl (C=O) groups is 2. The van der Waals surface area contributed by atoms with E-state index in [0.717, 1.165) is 35.4 Å². The number of ether oxygens (including phenoxy) is 2. The van der Waals surface area contributed by atoms with Gasteiger partial charge in [0.2, 0.25) is 21.8 Å². The molecule has 1 unspecified atom stereocenters. The van der Waals surface area contributed by atoms with Crippen LogP contribution in [-0.4, -0.2) is 71.0 Å². The second-order valence-corrected chi connectivity index (χ2v) is 11.3. The van der Waals surface area contributed by atoms with Crippen LogP contribution in [0, 0.1) is 0 Å². The molecule has 1 N–H and O–H groups in total. The Bertz CT molecular complexity index is 1330. The van der Waals surface area contributed by atoms with Crippen molar-refractivity contribution < 1.29 is 27.5 Å². The van der Waals surface area contributed by atoms with Crippen molar-refractivity contribution in [3.05, 3.63) is 42.0 Å². The number of likely N-dealkylation sites (tertiary alicyclic amines) is 1. The van der Waals surface area contributed by atoms with Crippen LogP contribution in [0.25, 0.3) is 0 Å². The maximum atomic E-state index is 12.9. The molecule has 0 radical (unpaired) electrons. The summed E-state index contributed by atoms with van der Waals surface area (Å²) >= 11 is 0. The molecule has 1 saturated heterocycles. The summed E-state index contributed by atoms with van der Waals surface area (Å²) in [5.74, 6) is 0.0547. The lowest BCUT2D eigenvalue weighted by molar-refractivity contribution is -0.130. The molecule has 2 aromatic carbocycles. The SMILES string of the molecule is CCC(=Nc1ccc(N(CC(=O)N2CCCCC2)S(C)(=O)=O)cc1)C1C(=O)Nc2cc(OC)c(OC)cc21. The number of piperidine rings is 1. The Morgan fingerprint density at radius 2 is 1.71 bits per heavy atom. The molecule has 0 aliphatic carbocycles. The average molecular weight is 543 g/mol. The van der Waals surface area contributed by atoms with E-state index in [1.165, 1.54) is 7.11 Å². The van der Waals surface area contributed by atoms with Gasteiger partial charge >= 0.3 is 0 Å². The minimum atomic E-state index is -3.68. The Kier molecular flexibility index (Phi) is 8.25. The zero-order valence-corrected chi connectivity index (χ0v) is 23.0. The fourth-order valence-electron chi connectivity index (χ4n) is 4.89. The number of amides is 2. The highest BCUT2D eigenvalue weighted by atomic mass is 32.2. The largest absolute Gasteiger partial charge is 0.493 e. The number of methoxy groups -OCH3 is 2. The maximum absolute atomic E-state index is 12.9. The summed E-state index contributed by atoms with van der Waals surface area (Å²) in [5.41, 5.74) is 3.01. The fourth-order valence-corrected chi connectivity index (χ4v) is 5.74. The number of aliphatic imine (C=N–C) groups is 1. The number of hydrogen-bond donors (Lipinski definition) is 1. The zero-order valence-electron chi connectivity index (χ0n) is 22.2. The van der Waals surface area contributed by atoms with Crippen molar-refractivity contribution in [2.75, 3.05) is 49.7 Å². The highest BCUT2D eigenvalue weighted by Crippen LogP contribution is 2.42. The quantitative estimate of drug-likeness (QED) is 0.483. The fraction of sp³-hybridized carbons (Fsp3) is 0.444. The van der Waals surface area contributed by atoms with E-state index in [9.17, 15) is 18.0 Å². The number of benzene rings is 2. The standard InChI is InChI=1S/C27H34N4O6S/c1-5-21(26-20-15-23(36-2)24(37-3)16-22(20)29-27(26)33)28-18-9-11-19(12-10-18)31(38(4,34)35)17-25(32)30-13-7-6-8-14-30/h9-12,15-16,26H,5-8,13-14,17H2,1-4H3,(H,29,33). The Labute approximate surface area is 223 Å². The van der Waals surface area contributed by atoms with Crippen molar-refractivity contribution in [3.63, 3.8) is 0 Å². The van der Waals surface area contributed by atoms with Gasteiger partial charge in [-0.3, -0.25) is 18.9 Å². The van der Waals surface area contributed by atoms with Crippen LogP contribution in [0.5, 0.6) is 11.5 Å². The van der Waals surface area contributed by atoms with Crippen LogP contribution >= 0.6 is 0 Å². The topological polar surface area (TPSA) is 118 Å². The predicted molar refractivity (Wildman–Crippen MR) is 147 cm³/mol. The zero-order chi connectivity index (χ0) is 27.4. The molecule has 1 fully saturated rings. The number of rotatable bonds is 9. The molecule has 10 nitrogen and oxygen atoms in total. The van der Waals surface area contributed by atoms with Crippen LogP contribution in [0.15, 0.2) is 41.4 Å². The normalized spacial score (nSPS) is 17.6. The maximum Gasteiger partial charge on any atom is 0.243 e. The van der Waals surface area contributed by atoms with Crippen LogP contribution in [-0.2, 0) is 19.6 Å². The third kappa shape index (κ3) is 5.77. The smallest absolute Gasteiger partial charge is 0.243 e. The van der Waals surface area contributed by atoms with E-state index >= 15 is 0 Å². The molecule has 11 heteroatoms. The molecule has 204 valence electrons. The highest BCUT2D eigenvalue weighted by Gasteiger charge is 2.35. The van der Waals surface area contributed by atoms with Gasteiger partial charge in [0.25, 0.3) is 0 Å². The van der Waals surface area contributed by atoms with Crippen LogP contribution < -0.4 is 19.1 Å². The van der Waals surface area contributed by atoms with Gasteiger partial charge in [0.15, 0.2) is 11.5 Å². The average Bonchev–Trinajstić information content (AvgIpc) is 3.24. The van der Waals surface area contributed by atoms with Crippen LogP contribution in [0.4, 0.5) is 17.1 Å². The minimum Gasteiger partial charge on any atom is -0.493 e. The first-order valence-corrected chi connectivity index (χ1v) is 14.5. The monoisotopic (exact) mass is 542 g/mol. The summed E-state index contributed by atoms with van der Waals surface area (Å²) in [7, 11) is -0.605. The van der Waals surface area contributed by atoms with Crippen molar-refractivity contribution in [2.45, 2.75) is 38.5 Å². The lowest BCUT2D eigenvalue weighted by atomic mass is 9.93. The summed E-state index contributed by atoms with van der Waals surface area (Å²) < 4.78 is 37.0. The first-order chi connectivity index (χ1) is 18.2. The first kappa shape index (κ1) is 27.4. The van der Waals surface area contributed by atoms with Crippen molar-refractivity contribution in [2.24, 2.45) is 4.99 Å². The molecule has 2 aromatic rings. The number of nitrogens with one attached hydrogen (secondary N) is 1. The second kappa shape index (κ2) is 11.4. The van der Waals surface area contributed by atoms with Gasteiger partial charge in [-0.25, -0.2) is 8.42 Å². The van der Waals surface area contributed by atoms with E-state index in [1.807, 2.05) is 6.92 Å². The van der Waals surface area contributed by atoms with Gasteiger partial charge in [0, 0.05) is 30.6 Å². The first-order valence-electron chi connectivity index (χ1n) is 12.7. The summed E-state index contributed by atoms with van der Waals surface area (Å²) in [6.07, 6.45) is 4.56. The van der Waals surface area contributed by atoms with Gasteiger partial charge < -0.3 is 19.7 Å². The van der Waals surface area contributed by atoms with Gasteiger partial charge in [-0.05, 0) is 61.6 Å². The van der Waals surface area contributed by atoms with Gasteiger partial charge in [0.1, 0.15) is 12.5 Å². The van der Waals surface area contributed by atoms with Gasteiger partial charge in [-0.2, -0.15) is 0 Å². The molecular formula is C27H34N4O6S. The van der Waals surface area contributed by atoms with Crippen molar-refractivity contribution in [1.82, 2.24) is 4.90 Å². The molecule has 2 amide bonds. The Morgan fingerprint density at radius 3 is 2.29 bits per heavy atom. The molecule has 2 heterocycles. The van der Waals surface area contributed by atoms with E-state index in [0.29, 0.717) is 53.8 Å². The van der Waals surface area contributed by atoms with E-state index in [4.69, 9.17) is 14.5 Å². The Balaban J connectivity index is 1.59. The van der Waals surface area contributed by atoms with Gasteiger partial charge in [0.05, 0.1) is 31.9 Å². The molecule has 0 saturated carbocycles. The molecule has 0 aromatic heterocycles. The summed E-state index contributed by atoms with van der Waals surface area (Å²) in [6.45, 7) is 2.99. The predicted octanol–water partition coefficient (Wildman–Crippen LogP) is 3.70. The molecule has 4 rings (SSSR count). The second-order valence-electron chi connectivity index (χ2n) is 9.40. The van der Waals surface area contributed by atoms with Crippen LogP contribution in [0.2, 0.25) is 0 Å². The molecule has 0 spiro atoms. The summed E-state index contributed by atoms with van der Waals surface area (Å²) in [6, 6.07) is 10.2. The van der Waals surface area contributed by atoms with Gasteiger partial charge in [-0.1, -0.05) is 6.92 Å². The molecule has 1 atom stereocenters. The Hall–Kier alpha value is -3.60. The highest BCUT2D eigenvalue weighted by molar-refractivity contribution is 7.92. The third-order valence-electron chi connectivity index (χ3n) is 6.88. The van der Waals surface area contributed by atoms with Crippen LogP contribution in [0.3, 0.4) is 0 Å². The molecule has 0 bridgehead atoms. The number of hydrogen-bond acceptors (Lipinski definition) is 7. The lowest BCUT2D eigenvalue weighted by Gasteiger charge is -2.30. The Morgan fingerprint density at radius 1 is 1.08 bits per heavy atom. The van der Waals surface area contributed by atoms with Crippen molar-refractivity contribution in [3.8, 4) is 11.5 Å².